The number of hydrogen-bond acceptors (Lipinski definition) is 3. The van der Waals surface area contributed by atoms with Crippen LogP contribution in [0.4, 0.5) is 0 Å². The number of benzene rings is 1. The van der Waals surface area contributed by atoms with E-state index in [9.17, 15) is 0 Å². The standard InChI is InChI=1S/C15H24ClNO2/c1-3-8-17-12-13-11-14(16)6-7-15(13)19-10-5-9-18-4-2/h6-7,11,17H,3-5,8-10,12H2,1-2H3. The Kier molecular flexibility index (Phi) is 8.63. The van der Waals surface area contributed by atoms with Crippen LogP contribution in [0.15, 0.2) is 18.2 Å². The number of hydrogen-bond donors (Lipinski definition) is 1. The van der Waals surface area contributed by atoms with Gasteiger partial charge in [0.2, 0.25) is 0 Å². The van der Waals surface area contributed by atoms with Crippen molar-refractivity contribution < 1.29 is 9.47 Å². The van der Waals surface area contributed by atoms with Gasteiger partial charge in [0.25, 0.3) is 0 Å². The van der Waals surface area contributed by atoms with Gasteiger partial charge in [-0.3, -0.25) is 0 Å². The molecule has 1 rings (SSSR count). The summed E-state index contributed by atoms with van der Waals surface area (Å²) in [7, 11) is 0. The van der Waals surface area contributed by atoms with Gasteiger partial charge in [-0.2, -0.15) is 0 Å². The summed E-state index contributed by atoms with van der Waals surface area (Å²) in [5.41, 5.74) is 1.11. The van der Waals surface area contributed by atoms with Gasteiger partial charge in [0.15, 0.2) is 0 Å². The van der Waals surface area contributed by atoms with E-state index in [1.54, 1.807) is 0 Å². The second-order valence-corrected chi connectivity index (χ2v) is 4.76. The zero-order valence-electron chi connectivity index (χ0n) is 11.9. The average Bonchev–Trinajstić information content (AvgIpc) is 2.41. The molecule has 19 heavy (non-hydrogen) atoms. The van der Waals surface area contributed by atoms with E-state index in [-0.39, 0.29) is 0 Å². The molecule has 0 radical (unpaired) electrons. The van der Waals surface area contributed by atoms with Crippen LogP contribution in [0.1, 0.15) is 32.3 Å². The summed E-state index contributed by atoms with van der Waals surface area (Å²) < 4.78 is 11.1. The molecule has 0 spiro atoms. The molecule has 1 N–H and O–H groups in total. The highest BCUT2D eigenvalue weighted by molar-refractivity contribution is 6.30. The van der Waals surface area contributed by atoms with Gasteiger partial charge in [0, 0.05) is 36.8 Å². The Labute approximate surface area is 121 Å². The van der Waals surface area contributed by atoms with Gasteiger partial charge in [-0.1, -0.05) is 18.5 Å². The number of rotatable bonds is 10. The van der Waals surface area contributed by atoms with E-state index >= 15 is 0 Å². The summed E-state index contributed by atoms with van der Waals surface area (Å²) in [5, 5.41) is 4.11. The molecule has 0 saturated carbocycles. The molecule has 0 amide bonds. The summed E-state index contributed by atoms with van der Waals surface area (Å²) >= 11 is 6.03. The van der Waals surface area contributed by atoms with Crippen LogP contribution in [-0.4, -0.2) is 26.4 Å². The minimum Gasteiger partial charge on any atom is -0.493 e. The van der Waals surface area contributed by atoms with Gasteiger partial charge in [0.1, 0.15) is 5.75 Å². The van der Waals surface area contributed by atoms with Crippen molar-refractivity contribution in [2.45, 2.75) is 33.2 Å². The molecule has 0 heterocycles. The molecule has 0 aliphatic carbocycles. The molecule has 0 bridgehead atoms. The first kappa shape index (κ1) is 16.3. The topological polar surface area (TPSA) is 30.5 Å². The molecule has 0 aromatic heterocycles. The molecule has 108 valence electrons. The van der Waals surface area contributed by atoms with Crippen LogP contribution >= 0.6 is 11.6 Å². The van der Waals surface area contributed by atoms with Crippen LogP contribution in [0.2, 0.25) is 5.02 Å². The molecule has 1 aromatic rings. The van der Waals surface area contributed by atoms with E-state index in [4.69, 9.17) is 21.1 Å². The van der Waals surface area contributed by atoms with Crippen molar-refractivity contribution in [3.63, 3.8) is 0 Å². The fourth-order valence-electron chi connectivity index (χ4n) is 1.71. The second-order valence-electron chi connectivity index (χ2n) is 4.33. The molecule has 0 unspecified atom stereocenters. The summed E-state index contributed by atoms with van der Waals surface area (Å²) in [5.74, 6) is 0.907. The molecular weight excluding hydrogens is 262 g/mol. The van der Waals surface area contributed by atoms with Crippen LogP contribution in [-0.2, 0) is 11.3 Å². The molecule has 0 aliphatic heterocycles. The van der Waals surface area contributed by atoms with E-state index in [0.29, 0.717) is 6.61 Å². The van der Waals surface area contributed by atoms with Crippen molar-refractivity contribution in [3.05, 3.63) is 28.8 Å². The average molecular weight is 286 g/mol. The van der Waals surface area contributed by atoms with E-state index in [1.807, 2.05) is 25.1 Å². The first-order valence-corrected chi connectivity index (χ1v) is 7.35. The lowest BCUT2D eigenvalue weighted by molar-refractivity contribution is 0.130. The third-order valence-electron chi connectivity index (χ3n) is 2.66. The monoisotopic (exact) mass is 285 g/mol. The number of halogens is 1. The maximum atomic E-state index is 6.03. The van der Waals surface area contributed by atoms with Crippen LogP contribution in [0, 0.1) is 0 Å². The summed E-state index contributed by atoms with van der Waals surface area (Å²) in [6, 6.07) is 5.76. The molecule has 0 fully saturated rings. The Morgan fingerprint density at radius 1 is 1.21 bits per heavy atom. The lowest BCUT2D eigenvalue weighted by Gasteiger charge is -2.12. The summed E-state index contributed by atoms with van der Waals surface area (Å²) in [6.45, 7) is 8.10. The van der Waals surface area contributed by atoms with Gasteiger partial charge in [-0.05, 0) is 38.1 Å². The highest BCUT2D eigenvalue weighted by Crippen LogP contribution is 2.23. The van der Waals surface area contributed by atoms with Crippen molar-refractivity contribution in [1.82, 2.24) is 5.32 Å². The molecule has 1 aromatic carbocycles. The van der Waals surface area contributed by atoms with Gasteiger partial charge < -0.3 is 14.8 Å². The van der Waals surface area contributed by atoms with E-state index in [1.165, 1.54) is 0 Å². The minimum atomic E-state index is 0.669. The largest absolute Gasteiger partial charge is 0.493 e. The zero-order chi connectivity index (χ0) is 13.9. The molecule has 0 saturated heterocycles. The SMILES string of the molecule is CCCNCc1cc(Cl)ccc1OCCCOCC. The number of nitrogens with one attached hydrogen (secondary N) is 1. The Bertz CT molecular complexity index is 358. The van der Waals surface area contributed by atoms with Crippen LogP contribution < -0.4 is 10.1 Å². The number of ether oxygens (including phenoxy) is 2. The predicted octanol–water partition coefficient (Wildman–Crippen LogP) is 3.65. The van der Waals surface area contributed by atoms with Crippen LogP contribution in [0.5, 0.6) is 5.75 Å². The molecule has 3 nitrogen and oxygen atoms in total. The van der Waals surface area contributed by atoms with E-state index < -0.39 is 0 Å². The maximum absolute atomic E-state index is 6.03. The predicted molar refractivity (Wildman–Crippen MR) is 80.1 cm³/mol. The first-order chi connectivity index (χ1) is 9.27. The lowest BCUT2D eigenvalue weighted by Crippen LogP contribution is -2.15. The van der Waals surface area contributed by atoms with E-state index in [2.05, 4.69) is 12.2 Å². The molecule has 4 heteroatoms. The third kappa shape index (κ3) is 6.81. The van der Waals surface area contributed by atoms with Crippen molar-refractivity contribution in [3.8, 4) is 5.75 Å². The Morgan fingerprint density at radius 2 is 2.05 bits per heavy atom. The first-order valence-electron chi connectivity index (χ1n) is 6.97. The maximum Gasteiger partial charge on any atom is 0.123 e. The Hall–Kier alpha value is -0.770. The van der Waals surface area contributed by atoms with Crippen molar-refractivity contribution in [2.24, 2.45) is 0 Å². The zero-order valence-corrected chi connectivity index (χ0v) is 12.6. The summed E-state index contributed by atoms with van der Waals surface area (Å²) in [4.78, 5) is 0. The normalized spacial score (nSPS) is 10.7. The van der Waals surface area contributed by atoms with Gasteiger partial charge >= 0.3 is 0 Å². The van der Waals surface area contributed by atoms with Crippen LogP contribution in [0.3, 0.4) is 0 Å². The smallest absolute Gasteiger partial charge is 0.123 e. The van der Waals surface area contributed by atoms with Gasteiger partial charge in [0.05, 0.1) is 6.61 Å². The van der Waals surface area contributed by atoms with E-state index in [0.717, 1.165) is 55.5 Å². The van der Waals surface area contributed by atoms with Crippen molar-refractivity contribution in [2.75, 3.05) is 26.4 Å². The minimum absolute atomic E-state index is 0.669. The quantitative estimate of drug-likeness (QED) is 0.666. The fraction of sp³-hybridized carbons (Fsp3) is 0.600. The fourth-order valence-corrected chi connectivity index (χ4v) is 1.91. The highest BCUT2D eigenvalue weighted by Gasteiger charge is 2.04. The Morgan fingerprint density at radius 3 is 2.79 bits per heavy atom. The second kappa shape index (κ2) is 10.1. The van der Waals surface area contributed by atoms with Gasteiger partial charge in [-0.25, -0.2) is 0 Å². The molecular formula is C15H24ClNO2. The van der Waals surface area contributed by atoms with Crippen LogP contribution in [0.25, 0.3) is 0 Å². The van der Waals surface area contributed by atoms with Crippen molar-refractivity contribution >= 4 is 11.6 Å². The molecule has 0 atom stereocenters. The Balaban J connectivity index is 2.45. The molecule has 0 aliphatic rings. The summed E-state index contributed by atoms with van der Waals surface area (Å²) in [6.07, 6.45) is 2.02. The van der Waals surface area contributed by atoms with Crippen molar-refractivity contribution in [1.29, 1.82) is 0 Å². The highest BCUT2D eigenvalue weighted by atomic mass is 35.5. The lowest BCUT2D eigenvalue weighted by atomic mass is 10.2. The third-order valence-corrected chi connectivity index (χ3v) is 2.89. The van der Waals surface area contributed by atoms with Gasteiger partial charge in [-0.15, -0.1) is 0 Å².